The Kier molecular flexibility index (Phi) is 5.89. The Morgan fingerprint density at radius 3 is 2.12 bits per heavy atom. The first-order chi connectivity index (χ1) is 12.6. The van der Waals surface area contributed by atoms with Crippen LogP contribution in [-0.2, 0) is 0 Å². The summed E-state index contributed by atoms with van der Waals surface area (Å²) in [6.45, 7) is 2.20. The minimum Gasteiger partial charge on any atom is -0.349 e. The highest BCUT2D eigenvalue weighted by Gasteiger charge is 2.23. The molecule has 2 aromatic carbocycles. The van der Waals surface area contributed by atoms with Gasteiger partial charge in [0.25, 0.3) is 5.91 Å². The van der Waals surface area contributed by atoms with Gasteiger partial charge in [-0.2, -0.15) is 0 Å². The predicted octanol–water partition coefficient (Wildman–Crippen LogP) is 4.64. The summed E-state index contributed by atoms with van der Waals surface area (Å²) in [5.41, 5.74) is 1.97. The highest BCUT2D eigenvalue weighted by Crippen LogP contribution is 2.24. The summed E-state index contributed by atoms with van der Waals surface area (Å²) in [6.07, 6.45) is 4.64. The molecular weight excluding hydrogens is 326 g/mol. The lowest BCUT2D eigenvalue weighted by atomic mass is 9.86. The van der Waals surface area contributed by atoms with Crippen molar-refractivity contribution in [3.05, 3.63) is 60.2 Å². The van der Waals surface area contributed by atoms with E-state index in [4.69, 9.17) is 0 Å². The van der Waals surface area contributed by atoms with Crippen LogP contribution in [0, 0.1) is 5.92 Å². The molecule has 0 heterocycles. The van der Waals surface area contributed by atoms with Gasteiger partial charge in [-0.15, -0.1) is 0 Å². The summed E-state index contributed by atoms with van der Waals surface area (Å²) in [7, 11) is 0. The number of rotatable bonds is 4. The minimum absolute atomic E-state index is 0.0518. The molecule has 0 saturated heterocycles. The average Bonchev–Trinajstić information content (AvgIpc) is 2.65. The van der Waals surface area contributed by atoms with Crippen molar-refractivity contribution in [2.45, 2.75) is 38.6 Å². The number of carbonyl (C=O) groups excluding carboxylic acids is 2. The summed E-state index contributed by atoms with van der Waals surface area (Å²) < 4.78 is 0. The molecule has 1 fully saturated rings. The van der Waals surface area contributed by atoms with Crippen molar-refractivity contribution in [1.29, 1.82) is 0 Å². The molecule has 136 valence electrons. The normalized spacial score (nSPS) is 19.4. The highest BCUT2D eigenvalue weighted by molar-refractivity contribution is 6.00. The van der Waals surface area contributed by atoms with E-state index in [0.717, 1.165) is 12.1 Å². The van der Waals surface area contributed by atoms with Crippen molar-refractivity contribution >= 4 is 23.3 Å². The van der Waals surface area contributed by atoms with E-state index >= 15 is 0 Å². The maximum absolute atomic E-state index is 12.4. The molecule has 2 atom stereocenters. The fourth-order valence-corrected chi connectivity index (χ4v) is 3.30. The van der Waals surface area contributed by atoms with E-state index in [1.165, 1.54) is 19.3 Å². The number of hydrogen-bond acceptors (Lipinski definition) is 2. The number of nitrogens with one attached hydrogen (secondary N) is 3. The van der Waals surface area contributed by atoms with Crippen molar-refractivity contribution in [3.8, 4) is 0 Å². The molecule has 0 spiro atoms. The Hall–Kier alpha value is -2.82. The standard InChI is InChI=1S/C21H25N3O2/c1-15-7-5-6-10-19(15)24-20(25)16-11-13-18(14-12-16)23-21(26)22-17-8-3-2-4-9-17/h2-4,8-9,11-15,19H,5-7,10H2,1H3,(H,24,25)(H2,22,23,26). The molecule has 2 aromatic rings. The smallest absolute Gasteiger partial charge is 0.323 e. The van der Waals surface area contributed by atoms with Gasteiger partial charge in [-0.05, 0) is 55.2 Å². The van der Waals surface area contributed by atoms with Crippen molar-refractivity contribution in [2.24, 2.45) is 5.92 Å². The van der Waals surface area contributed by atoms with Crippen molar-refractivity contribution < 1.29 is 9.59 Å². The monoisotopic (exact) mass is 351 g/mol. The van der Waals surface area contributed by atoms with Gasteiger partial charge in [0, 0.05) is 23.0 Å². The molecule has 3 rings (SSSR count). The number of para-hydroxylation sites is 1. The van der Waals surface area contributed by atoms with E-state index in [2.05, 4.69) is 22.9 Å². The Labute approximate surface area is 154 Å². The zero-order chi connectivity index (χ0) is 18.4. The number of amides is 3. The summed E-state index contributed by atoms with van der Waals surface area (Å²) in [4.78, 5) is 24.4. The van der Waals surface area contributed by atoms with Gasteiger partial charge in [0.05, 0.1) is 0 Å². The van der Waals surface area contributed by atoms with Gasteiger partial charge in [0.15, 0.2) is 0 Å². The second-order valence-corrected chi connectivity index (χ2v) is 6.86. The number of carbonyl (C=O) groups is 2. The lowest BCUT2D eigenvalue weighted by Gasteiger charge is -2.29. The summed E-state index contributed by atoms with van der Waals surface area (Å²) in [5, 5.41) is 8.66. The molecule has 2 unspecified atom stereocenters. The molecule has 1 saturated carbocycles. The molecule has 5 heteroatoms. The molecule has 5 nitrogen and oxygen atoms in total. The second kappa shape index (κ2) is 8.52. The Balaban J connectivity index is 1.54. The van der Waals surface area contributed by atoms with Gasteiger partial charge in [-0.3, -0.25) is 4.79 Å². The van der Waals surface area contributed by atoms with Crippen molar-refractivity contribution in [3.63, 3.8) is 0 Å². The third-order valence-electron chi connectivity index (χ3n) is 4.86. The second-order valence-electron chi connectivity index (χ2n) is 6.86. The summed E-state index contributed by atoms with van der Waals surface area (Å²) >= 11 is 0. The van der Waals surface area contributed by atoms with Crippen LogP contribution in [0.25, 0.3) is 0 Å². The van der Waals surface area contributed by atoms with Gasteiger partial charge < -0.3 is 16.0 Å². The number of urea groups is 1. The zero-order valence-corrected chi connectivity index (χ0v) is 15.0. The van der Waals surface area contributed by atoms with E-state index in [0.29, 0.717) is 17.2 Å². The SMILES string of the molecule is CC1CCCCC1NC(=O)c1ccc(NC(=O)Nc2ccccc2)cc1. The van der Waals surface area contributed by atoms with Gasteiger partial charge >= 0.3 is 6.03 Å². The summed E-state index contributed by atoms with van der Waals surface area (Å²) in [5.74, 6) is 0.472. The van der Waals surface area contributed by atoms with Gasteiger partial charge in [-0.25, -0.2) is 4.79 Å². The van der Waals surface area contributed by atoms with Crippen LogP contribution in [0.4, 0.5) is 16.2 Å². The van der Waals surface area contributed by atoms with Crippen molar-refractivity contribution in [1.82, 2.24) is 5.32 Å². The van der Waals surface area contributed by atoms with E-state index < -0.39 is 0 Å². The predicted molar refractivity (Wildman–Crippen MR) is 104 cm³/mol. The third-order valence-corrected chi connectivity index (χ3v) is 4.86. The molecule has 0 radical (unpaired) electrons. The Morgan fingerprint density at radius 2 is 1.46 bits per heavy atom. The van der Waals surface area contributed by atoms with Crippen LogP contribution in [-0.4, -0.2) is 18.0 Å². The van der Waals surface area contributed by atoms with E-state index in [1.807, 2.05) is 30.3 Å². The quantitative estimate of drug-likeness (QED) is 0.751. The van der Waals surface area contributed by atoms with E-state index in [9.17, 15) is 9.59 Å². The van der Waals surface area contributed by atoms with Crippen LogP contribution in [0.15, 0.2) is 54.6 Å². The van der Waals surface area contributed by atoms with Crippen LogP contribution < -0.4 is 16.0 Å². The lowest BCUT2D eigenvalue weighted by molar-refractivity contribution is 0.0910. The number of anilines is 2. The Bertz CT molecular complexity index is 744. The minimum atomic E-state index is -0.315. The topological polar surface area (TPSA) is 70.2 Å². The van der Waals surface area contributed by atoms with Crippen molar-refractivity contribution in [2.75, 3.05) is 10.6 Å². The fraction of sp³-hybridized carbons (Fsp3) is 0.333. The van der Waals surface area contributed by atoms with Crippen LogP contribution in [0.1, 0.15) is 43.0 Å². The maximum Gasteiger partial charge on any atom is 0.323 e. The first-order valence-electron chi connectivity index (χ1n) is 9.16. The molecule has 1 aliphatic carbocycles. The molecule has 0 bridgehead atoms. The molecular formula is C21H25N3O2. The molecule has 3 N–H and O–H groups in total. The van der Waals surface area contributed by atoms with Gasteiger partial charge in [0.2, 0.25) is 0 Å². The largest absolute Gasteiger partial charge is 0.349 e. The van der Waals surface area contributed by atoms with Gasteiger partial charge in [-0.1, -0.05) is 38.0 Å². The van der Waals surface area contributed by atoms with Gasteiger partial charge in [0.1, 0.15) is 0 Å². The number of benzene rings is 2. The average molecular weight is 351 g/mol. The van der Waals surface area contributed by atoms with Crippen LogP contribution in [0.3, 0.4) is 0 Å². The van der Waals surface area contributed by atoms with Crippen LogP contribution in [0.5, 0.6) is 0 Å². The molecule has 3 amide bonds. The number of hydrogen-bond donors (Lipinski definition) is 3. The first kappa shape index (κ1) is 18.0. The highest BCUT2D eigenvalue weighted by atomic mass is 16.2. The fourth-order valence-electron chi connectivity index (χ4n) is 3.30. The Morgan fingerprint density at radius 1 is 0.846 bits per heavy atom. The maximum atomic E-state index is 12.4. The summed E-state index contributed by atoms with van der Waals surface area (Å²) in [6, 6.07) is 16.1. The molecule has 0 aromatic heterocycles. The van der Waals surface area contributed by atoms with Crippen LogP contribution >= 0.6 is 0 Å². The lowest BCUT2D eigenvalue weighted by Crippen LogP contribution is -2.41. The van der Waals surface area contributed by atoms with E-state index in [-0.39, 0.29) is 18.0 Å². The molecule has 0 aliphatic heterocycles. The molecule has 26 heavy (non-hydrogen) atoms. The van der Waals surface area contributed by atoms with Crippen LogP contribution in [0.2, 0.25) is 0 Å². The third kappa shape index (κ3) is 4.85. The first-order valence-corrected chi connectivity index (χ1v) is 9.16. The zero-order valence-electron chi connectivity index (χ0n) is 15.0. The molecule has 1 aliphatic rings. The van der Waals surface area contributed by atoms with E-state index in [1.54, 1.807) is 24.3 Å².